The highest BCUT2D eigenvalue weighted by Gasteiger charge is 2.49. The minimum atomic E-state index is -4.29. The molecule has 0 bridgehead atoms. The molecule has 0 saturated carbocycles. The van der Waals surface area contributed by atoms with Crippen LogP contribution in [0.15, 0.2) is 0 Å². The average molecular weight is 193 g/mol. The fraction of sp³-hybridized carbons (Fsp3) is 0.800. The summed E-state index contributed by atoms with van der Waals surface area (Å²) in [5, 5.41) is 11.1. The van der Waals surface area contributed by atoms with Crippen LogP contribution in [0.2, 0.25) is 5.54 Å². The molecule has 2 atom stereocenters. The Labute approximate surface area is 69.8 Å². The van der Waals surface area contributed by atoms with Gasteiger partial charge in [-0.3, -0.25) is 4.79 Å². The van der Waals surface area contributed by atoms with E-state index in [-0.39, 0.29) is 6.42 Å². The number of carboxylic acids is 1. The third-order valence-corrected chi connectivity index (χ3v) is 3.60. The number of hydrogen-bond donors (Lipinski definition) is 5. The van der Waals surface area contributed by atoms with Crippen molar-refractivity contribution < 1.29 is 24.3 Å². The zero-order chi connectivity index (χ0) is 9.35. The van der Waals surface area contributed by atoms with Gasteiger partial charge in [-0.25, -0.2) is 0 Å². The molecule has 0 spiro atoms. The molecule has 0 aliphatic carbocycles. The van der Waals surface area contributed by atoms with E-state index in [1.807, 2.05) is 0 Å². The fourth-order valence-corrected chi connectivity index (χ4v) is 2.62. The molecule has 1 unspecified atom stereocenters. The SMILES string of the molecule is O=C(O)[C@H]1NCCC1[Si](O)(O)O. The van der Waals surface area contributed by atoms with Gasteiger partial charge in [-0.15, -0.1) is 0 Å². The Hall–Kier alpha value is -0.473. The van der Waals surface area contributed by atoms with E-state index in [1.54, 1.807) is 0 Å². The molecule has 0 aromatic heterocycles. The Morgan fingerprint density at radius 3 is 2.33 bits per heavy atom. The minimum Gasteiger partial charge on any atom is -0.480 e. The van der Waals surface area contributed by atoms with Crippen LogP contribution < -0.4 is 5.32 Å². The number of nitrogens with one attached hydrogen (secondary N) is 1. The van der Waals surface area contributed by atoms with Gasteiger partial charge in [-0.1, -0.05) is 0 Å². The van der Waals surface area contributed by atoms with Crippen LogP contribution in [-0.2, 0) is 4.79 Å². The van der Waals surface area contributed by atoms with E-state index < -0.39 is 26.4 Å². The molecule has 1 rings (SSSR count). The Balaban J connectivity index is 2.71. The summed E-state index contributed by atoms with van der Waals surface area (Å²) >= 11 is 0. The molecule has 0 aromatic carbocycles. The second kappa shape index (κ2) is 3.11. The van der Waals surface area contributed by atoms with Crippen molar-refractivity contribution in [3.8, 4) is 0 Å². The molecular weight excluding hydrogens is 182 g/mol. The first-order valence-corrected chi connectivity index (χ1v) is 5.48. The summed E-state index contributed by atoms with van der Waals surface area (Å²) in [6.07, 6.45) is 0.284. The molecule has 7 heteroatoms. The minimum absolute atomic E-state index is 0.284. The lowest BCUT2D eigenvalue weighted by atomic mass is 10.2. The van der Waals surface area contributed by atoms with Crippen molar-refractivity contribution in [1.82, 2.24) is 5.32 Å². The van der Waals surface area contributed by atoms with Crippen molar-refractivity contribution in [1.29, 1.82) is 0 Å². The smallest absolute Gasteiger partial charge is 0.480 e. The van der Waals surface area contributed by atoms with Gasteiger partial charge in [0.1, 0.15) is 6.04 Å². The standard InChI is InChI=1S/C5H11NO5Si/c7-5(8)4-3(1-2-6-4)12(9,10)11/h3-4,6,9-11H,1-2H2,(H,7,8)/t3?,4-/m0/s1. The van der Waals surface area contributed by atoms with Gasteiger partial charge in [0.15, 0.2) is 0 Å². The summed E-state index contributed by atoms with van der Waals surface area (Å²) in [4.78, 5) is 37.1. The summed E-state index contributed by atoms with van der Waals surface area (Å²) < 4.78 is 0. The highest BCUT2D eigenvalue weighted by molar-refractivity contribution is 6.58. The van der Waals surface area contributed by atoms with E-state index in [4.69, 9.17) is 19.5 Å². The first kappa shape index (κ1) is 9.61. The molecule has 70 valence electrons. The molecule has 1 saturated heterocycles. The molecule has 12 heavy (non-hydrogen) atoms. The van der Waals surface area contributed by atoms with E-state index in [0.717, 1.165) is 0 Å². The van der Waals surface area contributed by atoms with Crippen molar-refractivity contribution in [2.24, 2.45) is 0 Å². The van der Waals surface area contributed by atoms with Crippen LogP contribution in [0.1, 0.15) is 6.42 Å². The van der Waals surface area contributed by atoms with Gasteiger partial charge in [0.05, 0.1) is 5.54 Å². The molecule has 1 heterocycles. The highest BCUT2D eigenvalue weighted by atomic mass is 28.4. The van der Waals surface area contributed by atoms with E-state index in [0.29, 0.717) is 6.54 Å². The number of aliphatic carboxylic acids is 1. The van der Waals surface area contributed by atoms with Gasteiger partial charge in [0.25, 0.3) is 0 Å². The Morgan fingerprint density at radius 1 is 1.42 bits per heavy atom. The normalized spacial score (nSPS) is 30.6. The fourth-order valence-electron chi connectivity index (χ4n) is 1.38. The lowest BCUT2D eigenvalue weighted by Crippen LogP contribution is -2.48. The molecule has 5 N–H and O–H groups in total. The Bertz CT molecular complexity index is 191. The average Bonchev–Trinajstić information content (AvgIpc) is 2.30. The third-order valence-electron chi connectivity index (χ3n) is 1.99. The second-order valence-electron chi connectivity index (χ2n) is 2.85. The van der Waals surface area contributed by atoms with Crippen molar-refractivity contribution in [2.75, 3.05) is 6.54 Å². The largest absolute Gasteiger partial charge is 0.498 e. The Morgan fingerprint density at radius 2 is 2.00 bits per heavy atom. The van der Waals surface area contributed by atoms with Gasteiger partial charge in [-0.2, -0.15) is 0 Å². The lowest BCUT2D eigenvalue weighted by molar-refractivity contribution is -0.139. The van der Waals surface area contributed by atoms with Crippen LogP contribution >= 0.6 is 0 Å². The maximum atomic E-state index is 10.5. The van der Waals surface area contributed by atoms with Gasteiger partial charge < -0.3 is 24.8 Å². The van der Waals surface area contributed by atoms with E-state index in [9.17, 15) is 4.79 Å². The maximum Gasteiger partial charge on any atom is 0.498 e. The molecule has 6 nitrogen and oxygen atoms in total. The third kappa shape index (κ3) is 1.82. The zero-order valence-electron chi connectivity index (χ0n) is 6.27. The second-order valence-corrected chi connectivity index (χ2v) is 4.97. The molecule has 1 aliphatic heterocycles. The van der Waals surface area contributed by atoms with Crippen LogP contribution in [0.4, 0.5) is 0 Å². The Kier molecular flexibility index (Phi) is 2.49. The molecule has 0 radical (unpaired) electrons. The van der Waals surface area contributed by atoms with Crippen LogP contribution in [-0.4, -0.2) is 46.9 Å². The predicted octanol–water partition coefficient (Wildman–Crippen LogP) is -2.28. The predicted molar refractivity (Wildman–Crippen MR) is 40.2 cm³/mol. The number of hydrogen-bond acceptors (Lipinski definition) is 5. The summed E-state index contributed by atoms with van der Waals surface area (Å²) in [6.45, 7) is 0.387. The maximum absolute atomic E-state index is 10.5. The van der Waals surface area contributed by atoms with E-state index >= 15 is 0 Å². The topological polar surface area (TPSA) is 110 Å². The van der Waals surface area contributed by atoms with Crippen molar-refractivity contribution in [3.63, 3.8) is 0 Å². The molecule has 1 aliphatic rings. The zero-order valence-corrected chi connectivity index (χ0v) is 7.27. The van der Waals surface area contributed by atoms with Crippen molar-refractivity contribution in [2.45, 2.75) is 18.0 Å². The van der Waals surface area contributed by atoms with Crippen LogP contribution in [0, 0.1) is 0 Å². The summed E-state index contributed by atoms with van der Waals surface area (Å²) in [5.74, 6) is -1.16. The van der Waals surface area contributed by atoms with E-state index in [2.05, 4.69) is 5.32 Å². The highest BCUT2D eigenvalue weighted by Crippen LogP contribution is 2.27. The van der Waals surface area contributed by atoms with Gasteiger partial charge in [-0.05, 0) is 13.0 Å². The van der Waals surface area contributed by atoms with Crippen LogP contribution in [0.3, 0.4) is 0 Å². The summed E-state index contributed by atoms with van der Waals surface area (Å²) in [6, 6.07) is -1.03. The number of carbonyl (C=O) groups is 1. The summed E-state index contributed by atoms with van der Waals surface area (Å²) in [5.41, 5.74) is -0.935. The van der Waals surface area contributed by atoms with Gasteiger partial charge in [0.2, 0.25) is 0 Å². The molecule has 0 amide bonds. The molecule has 1 fully saturated rings. The summed E-state index contributed by atoms with van der Waals surface area (Å²) in [7, 11) is -4.29. The monoisotopic (exact) mass is 193 g/mol. The quantitative estimate of drug-likeness (QED) is 0.316. The first-order valence-electron chi connectivity index (χ1n) is 3.56. The number of rotatable bonds is 2. The lowest BCUT2D eigenvalue weighted by Gasteiger charge is -2.20. The molecular formula is C5H11NO5Si. The van der Waals surface area contributed by atoms with Crippen molar-refractivity contribution >= 4 is 14.8 Å². The first-order chi connectivity index (χ1) is 5.43. The van der Waals surface area contributed by atoms with Gasteiger partial charge >= 0.3 is 14.8 Å². The number of carboxylic acid groups (broad SMARTS) is 1. The molecule has 0 aromatic rings. The van der Waals surface area contributed by atoms with E-state index in [1.165, 1.54) is 0 Å². The van der Waals surface area contributed by atoms with Gasteiger partial charge in [0, 0.05) is 0 Å². The van der Waals surface area contributed by atoms with Crippen molar-refractivity contribution in [3.05, 3.63) is 0 Å². The van der Waals surface area contributed by atoms with Crippen LogP contribution in [0.5, 0.6) is 0 Å². The van der Waals surface area contributed by atoms with Crippen LogP contribution in [0.25, 0.3) is 0 Å².